The van der Waals surface area contributed by atoms with E-state index in [1.54, 1.807) is 59.5 Å². The monoisotopic (exact) mass is 475 g/mol. The Balaban J connectivity index is 1.46. The molecule has 2 heterocycles. The molecule has 3 aromatic carbocycles. The van der Waals surface area contributed by atoms with Gasteiger partial charge >= 0.3 is 0 Å². The molecule has 0 aromatic heterocycles. The topological polar surface area (TPSA) is 86.8 Å². The van der Waals surface area contributed by atoms with Crippen molar-refractivity contribution < 1.29 is 18.0 Å². The zero-order valence-corrected chi connectivity index (χ0v) is 19.6. The molecule has 0 saturated carbocycles. The lowest BCUT2D eigenvalue weighted by atomic mass is 10.0. The molecule has 1 saturated heterocycles. The number of sulfonamides is 1. The first kappa shape index (κ1) is 22.2. The number of amides is 2. The Morgan fingerprint density at radius 1 is 0.912 bits per heavy atom. The lowest BCUT2D eigenvalue weighted by molar-refractivity contribution is -0.114. The van der Waals surface area contributed by atoms with Gasteiger partial charge in [-0.05, 0) is 50.1 Å². The first-order valence-electron chi connectivity index (χ1n) is 11.3. The van der Waals surface area contributed by atoms with Crippen molar-refractivity contribution in [1.29, 1.82) is 0 Å². The van der Waals surface area contributed by atoms with Crippen LogP contribution in [0.25, 0.3) is 11.1 Å². The first-order valence-corrected chi connectivity index (χ1v) is 12.7. The third-order valence-corrected chi connectivity index (χ3v) is 8.10. The van der Waals surface area contributed by atoms with E-state index in [2.05, 4.69) is 5.32 Å². The molecule has 174 valence electrons. The van der Waals surface area contributed by atoms with Crippen molar-refractivity contribution in [1.82, 2.24) is 4.90 Å². The van der Waals surface area contributed by atoms with E-state index in [0.29, 0.717) is 35.6 Å². The summed E-state index contributed by atoms with van der Waals surface area (Å²) in [6.45, 7) is 2.93. The molecule has 0 bridgehead atoms. The summed E-state index contributed by atoms with van der Waals surface area (Å²) in [4.78, 5) is 28.0. The fourth-order valence-corrected chi connectivity index (χ4v) is 6.25. The molecule has 34 heavy (non-hydrogen) atoms. The van der Waals surface area contributed by atoms with Crippen molar-refractivity contribution in [2.24, 2.45) is 0 Å². The molecule has 8 heteroatoms. The van der Waals surface area contributed by atoms with Gasteiger partial charge < -0.3 is 10.2 Å². The Morgan fingerprint density at radius 3 is 2.41 bits per heavy atom. The smallest absolute Gasteiger partial charge is 0.265 e. The number of benzene rings is 3. The highest BCUT2D eigenvalue weighted by Crippen LogP contribution is 2.43. The van der Waals surface area contributed by atoms with Gasteiger partial charge in [-0.1, -0.05) is 42.0 Å². The molecule has 0 spiro atoms. The molecule has 5 rings (SSSR count). The number of fused-ring (bicyclic) bond motifs is 3. The van der Waals surface area contributed by atoms with Gasteiger partial charge in [-0.15, -0.1) is 0 Å². The second-order valence-corrected chi connectivity index (χ2v) is 10.5. The summed E-state index contributed by atoms with van der Waals surface area (Å²) >= 11 is 0. The van der Waals surface area contributed by atoms with Gasteiger partial charge in [0.1, 0.15) is 6.54 Å². The number of aryl methyl sites for hydroxylation is 1. The number of hydrogen-bond donors (Lipinski definition) is 1. The number of nitrogens with zero attached hydrogens (tertiary/aromatic N) is 2. The van der Waals surface area contributed by atoms with E-state index < -0.39 is 22.5 Å². The molecule has 1 fully saturated rings. The fraction of sp³-hybridized carbons (Fsp3) is 0.231. The maximum atomic E-state index is 13.5. The number of para-hydroxylation sites is 1. The van der Waals surface area contributed by atoms with Gasteiger partial charge in [-0.25, -0.2) is 8.42 Å². The maximum Gasteiger partial charge on any atom is 0.265 e. The minimum Gasteiger partial charge on any atom is -0.339 e. The summed E-state index contributed by atoms with van der Waals surface area (Å²) in [5, 5.41) is 2.77. The van der Waals surface area contributed by atoms with Crippen LogP contribution in [0.2, 0.25) is 0 Å². The lowest BCUT2D eigenvalue weighted by Gasteiger charge is -2.32. The van der Waals surface area contributed by atoms with Gasteiger partial charge in [0.25, 0.3) is 15.9 Å². The van der Waals surface area contributed by atoms with Gasteiger partial charge in [0.05, 0.1) is 21.8 Å². The standard InChI is InChI=1S/C26H25N3O4S/c1-18-12-13-23-21(16-18)19-8-3-5-11-24(19)34(32,33)29(23)17-25(30)27-22-10-4-2-9-20(22)26(31)28-14-6-7-15-28/h2-5,8-13,16H,6-7,14-15,17H2,1H3,(H,27,30). The molecule has 0 aliphatic carbocycles. The lowest BCUT2D eigenvalue weighted by Crippen LogP contribution is -2.40. The summed E-state index contributed by atoms with van der Waals surface area (Å²) in [6, 6.07) is 19.2. The summed E-state index contributed by atoms with van der Waals surface area (Å²) in [6.07, 6.45) is 1.93. The van der Waals surface area contributed by atoms with E-state index in [1.807, 2.05) is 19.1 Å². The highest BCUT2D eigenvalue weighted by Gasteiger charge is 2.36. The largest absolute Gasteiger partial charge is 0.339 e. The van der Waals surface area contributed by atoms with E-state index in [1.165, 1.54) is 0 Å². The van der Waals surface area contributed by atoms with Crippen LogP contribution < -0.4 is 9.62 Å². The van der Waals surface area contributed by atoms with Gasteiger partial charge in [0.2, 0.25) is 5.91 Å². The Hall–Kier alpha value is -3.65. The summed E-state index contributed by atoms with van der Waals surface area (Å²) in [5.41, 5.74) is 3.62. The second kappa shape index (κ2) is 8.61. The minimum atomic E-state index is -3.94. The van der Waals surface area contributed by atoms with Crippen molar-refractivity contribution in [3.63, 3.8) is 0 Å². The van der Waals surface area contributed by atoms with Crippen LogP contribution in [-0.2, 0) is 14.8 Å². The molecular weight excluding hydrogens is 450 g/mol. The van der Waals surface area contributed by atoms with Gasteiger partial charge in [-0.3, -0.25) is 13.9 Å². The predicted molar refractivity (Wildman–Crippen MR) is 131 cm³/mol. The molecule has 2 aliphatic rings. The van der Waals surface area contributed by atoms with Crippen molar-refractivity contribution in [3.8, 4) is 11.1 Å². The number of carbonyl (C=O) groups excluding carboxylic acids is 2. The number of rotatable bonds is 4. The third kappa shape index (κ3) is 3.84. The van der Waals surface area contributed by atoms with Crippen LogP contribution in [0.4, 0.5) is 11.4 Å². The maximum absolute atomic E-state index is 13.5. The highest BCUT2D eigenvalue weighted by molar-refractivity contribution is 7.93. The van der Waals surface area contributed by atoms with E-state index >= 15 is 0 Å². The van der Waals surface area contributed by atoms with Crippen LogP contribution in [-0.4, -0.2) is 44.8 Å². The SMILES string of the molecule is Cc1ccc2c(c1)-c1ccccc1S(=O)(=O)N2CC(=O)Nc1ccccc1C(=O)N1CCCC1. The van der Waals surface area contributed by atoms with Crippen LogP contribution in [0.1, 0.15) is 28.8 Å². The normalized spacial score (nSPS) is 16.0. The molecule has 0 unspecified atom stereocenters. The Bertz CT molecular complexity index is 1390. The summed E-state index contributed by atoms with van der Waals surface area (Å²) in [7, 11) is -3.94. The van der Waals surface area contributed by atoms with Crippen LogP contribution in [0, 0.1) is 6.92 Å². The minimum absolute atomic E-state index is 0.131. The molecule has 3 aromatic rings. The number of anilines is 2. The second-order valence-electron chi connectivity index (χ2n) is 8.62. The van der Waals surface area contributed by atoms with Crippen LogP contribution >= 0.6 is 0 Å². The van der Waals surface area contributed by atoms with Crippen molar-refractivity contribution >= 4 is 33.2 Å². The van der Waals surface area contributed by atoms with Crippen LogP contribution in [0.3, 0.4) is 0 Å². The van der Waals surface area contributed by atoms with E-state index in [4.69, 9.17) is 0 Å². The molecule has 1 N–H and O–H groups in total. The molecule has 0 radical (unpaired) electrons. The number of nitrogens with one attached hydrogen (secondary N) is 1. The molecule has 0 atom stereocenters. The Kier molecular flexibility index (Phi) is 5.61. The zero-order valence-electron chi connectivity index (χ0n) is 18.8. The first-order chi connectivity index (χ1) is 16.4. The molecule has 2 amide bonds. The average molecular weight is 476 g/mol. The average Bonchev–Trinajstić information content (AvgIpc) is 3.37. The van der Waals surface area contributed by atoms with Gasteiger partial charge in [0, 0.05) is 24.2 Å². The molecule has 7 nitrogen and oxygen atoms in total. The van der Waals surface area contributed by atoms with E-state index in [-0.39, 0.29) is 10.8 Å². The summed E-state index contributed by atoms with van der Waals surface area (Å²) in [5.74, 6) is -0.648. The highest BCUT2D eigenvalue weighted by atomic mass is 32.2. The van der Waals surface area contributed by atoms with Crippen LogP contribution in [0.5, 0.6) is 0 Å². The van der Waals surface area contributed by atoms with Gasteiger partial charge in [0.15, 0.2) is 0 Å². The Morgan fingerprint density at radius 2 is 1.62 bits per heavy atom. The Labute approximate surface area is 199 Å². The fourth-order valence-electron chi connectivity index (χ4n) is 4.60. The van der Waals surface area contributed by atoms with Gasteiger partial charge in [-0.2, -0.15) is 0 Å². The van der Waals surface area contributed by atoms with Crippen LogP contribution in [0.15, 0.2) is 71.6 Å². The number of hydrogen-bond acceptors (Lipinski definition) is 4. The molecular formula is C26H25N3O4S. The zero-order chi connectivity index (χ0) is 23.9. The third-order valence-electron chi connectivity index (χ3n) is 6.28. The van der Waals surface area contributed by atoms with Crippen molar-refractivity contribution in [3.05, 3.63) is 77.9 Å². The quantitative estimate of drug-likeness (QED) is 0.617. The van der Waals surface area contributed by atoms with Crippen molar-refractivity contribution in [2.45, 2.75) is 24.7 Å². The van der Waals surface area contributed by atoms with Crippen molar-refractivity contribution in [2.75, 3.05) is 29.3 Å². The number of likely N-dealkylation sites (tertiary alicyclic amines) is 1. The van der Waals surface area contributed by atoms with E-state index in [0.717, 1.165) is 28.3 Å². The summed E-state index contributed by atoms with van der Waals surface area (Å²) < 4.78 is 28.1. The molecule has 2 aliphatic heterocycles. The predicted octanol–water partition coefficient (Wildman–Crippen LogP) is 4.05. The number of carbonyl (C=O) groups is 2. The van der Waals surface area contributed by atoms with E-state index in [9.17, 15) is 18.0 Å².